The maximum absolute atomic E-state index is 4.20. The van der Waals surface area contributed by atoms with Gasteiger partial charge < -0.3 is 4.90 Å². The van der Waals surface area contributed by atoms with Crippen molar-refractivity contribution in [3.63, 3.8) is 0 Å². The maximum Gasteiger partial charge on any atom is 0.0496 e. The molecule has 3 nitrogen and oxygen atoms in total. The van der Waals surface area contributed by atoms with Gasteiger partial charge in [0, 0.05) is 43.8 Å². The van der Waals surface area contributed by atoms with Crippen LogP contribution in [0.1, 0.15) is 18.5 Å². The molecule has 1 aromatic rings. The lowest BCUT2D eigenvalue weighted by Gasteiger charge is -2.15. The molecule has 0 aliphatic carbocycles. The lowest BCUT2D eigenvalue weighted by Crippen LogP contribution is -2.16. The number of nitrogens with zero attached hydrogens (tertiary/aromatic N) is 3. The number of rotatable bonds is 0. The van der Waals surface area contributed by atoms with Crippen LogP contribution in [0.3, 0.4) is 0 Å². The van der Waals surface area contributed by atoms with Crippen molar-refractivity contribution >= 4 is 6.20 Å². The van der Waals surface area contributed by atoms with Crippen molar-refractivity contribution in [3.8, 4) is 0 Å². The summed E-state index contributed by atoms with van der Waals surface area (Å²) in [6.45, 7) is 3.28. The van der Waals surface area contributed by atoms with E-state index < -0.39 is 0 Å². The van der Waals surface area contributed by atoms with Crippen molar-refractivity contribution in [1.82, 2.24) is 14.7 Å². The zero-order valence-corrected chi connectivity index (χ0v) is 7.44. The van der Waals surface area contributed by atoms with Crippen molar-refractivity contribution in [2.24, 2.45) is 0 Å². The Morgan fingerprint density at radius 3 is 3.17 bits per heavy atom. The molecular weight excluding hydrogens is 150 g/mol. The summed E-state index contributed by atoms with van der Waals surface area (Å²) in [6.07, 6.45) is 5.90. The van der Waals surface area contributed by atoms with Gasteiger partial charge in [-0.15, -0.1) is 0 Å². The minimum absolute atomic E-state index is 0.549. The third kappa shape index (κ3) is 1.11. The summed E-state index contributed by atoms with van der Waals surface area (Å²) >= 11 is 0. The fourth-order valence-corrected chi connectivity index (χ4v) is 1.60. The third-order valence-corrected chi connectivity index (χ3v) is 2.23. The van der Waals surface area contributed by atoms with Gasteiger partial charge in [-0.2, -0.15) is 5.10 Å². The first-order chi connectivity index (χ1) is 5.77. The van der Waals surface area contributed by atoms with E-state index in [-0.39, 0.29) is 0 Å². The monoisotopic (exact) mass is 163 g/mol. The molecule has 0 radical (unpaired) electrons. The van der Waals surface area contributed by atoms with Crippen molar-refractivity contribution in [2.75, 3.05) is 13.6 Å². The Kier molecular flexibility index (Phi) is 1.64. The molecule has 1 unspecified atom stereocenters. The van der Waals surface area contributed by atoms with Gasteiger partial charge in [0.25, 0.3) is 0 Å². The summed E-state index contributed by atoms with van der Waals surface area (Å²) in [6, 6.07) is 2.08. The Morgan fingerprint density at radius 1 is 1.50 bits per heavy atom. The van der Waals surface area contributed by atoms with E-state index >= 15 is 0 Å². The summed E-state index contributed by atoms with van der Waals surface area (Å²) in [5.41, 5.74) is 1.29. The quantitative estimate of drug-likeness (QED) is 0.576. The minimum atomic E-state index is 0.549. The van der Waals surface area contributed by atoms with E-state index in [0.29, 0.717) is 5.92 Å². The second-order valence-electron chi connectivity index (χ2n) is 3.34. The van der Waals surface area contributed by atoms with E-state index in [2.05, 4.69) is 36.2 Å². The van der Waals surface area contributed by atoms with Crippen LogP contribution >= 0.6 is 0 Å². The summed E-state index contributed by atoms with van der Waals surface area (Å²) in [5.74, 6) is 0.549. The summed E-state index contributed by atoms with van der Waals surface area (Å²) < 4.78 is 1.94. The highest BCUT2D eigenvalue weighted by Crippen LogP contribution is 2.18. The molecule has 1 aliphatic heterocycles. The lowest BCUT2D eigenvalue weighted by molar-refractivity contribution is 0.428. The Bertz CT molecular complexity index is 300. The fourth-order valence-electron chi connectivity index (χ4n) is 1.60. The van der Waals surface area contributed by atoms with Crippen LogP contribution in [0.15, 0.2) is 18.5 Å². The first-order valence-electron chi connectivity index (χ1n) is 4.19. The van der Waals surface area contributed by atoms with Gasteiger partial charge >= 0.3 is 0 Å². The van der Waals surface area contributed by atoms with Gasteiger partial charge in [0.2, 0.25) is 0 Å². The molecule has 0 fully saturated rings. The highest BCUT2D eigenvalue weighted by Gasteiger charge is 2.13. The molecule has 0 saturated heterocycles. The Morgan fingerprint density at radius 2 is 2.33 bits per heavy atom. The van der Waals surface area contributed by atoms with Crippen molar-refractivity contribution in [3.05, 3.63) is 24.2 Å². The molecule has 1 atom stereocenters. The van der Waals surface area contributed by atoms with E-state index in [4.69, 9.17) is 0 Å². The van der Waals surface area contributed by atoms with Crippen LogP contribution in [0, 0.1) is 0 Å². The van der Waals surface area contributed by atoms with E-state index in [1.54, 1.807) is 0 Å². The predicted octanol–water partition coefficient (Wildman–Crippen LogP) is 1.36. The van der Waals surface area contributed by atoms with Crippen LogP contribution in [-0.4, -0.2) is 28.3 Å². The van der Waals surface area contributed by atoms with Crippen LogP contribution in [0.5, 0.6) is 0 Å². The molecule has 1 aliphatic rings. The highest BCUT2D eigenvalue weighted by molar-refractivity contribution is 5.27. The van der Waals surface area contributed by atoms with E-state index in [1.807, 2.05) is 17.1 Å². The summed E-state index contributed by atoms with van der Waals surface area (Å²) in [4.78, 5) is 2.18. The van der Waals surface area contributed by atoms with Crippen LogP contribution in [0.4, 0.5) is 0 Å². The first-order valence-corrected chi connectivity index (χ1v) is 4.19. The molecule has 2 heterocycles. The van der Waals surface area contributed by atoms with Gasteiger partial charge in [-0.05, 0) is 6.07 Å². The molecule has 12 heavy (non-hydrogen) atoms. The number of aromatic nitrogens is 2. The summed E-state index contributed by atoms with van der Waals surface area (Å²) in [5, 5.41) is 4.20. The van der Waals surface area contributed by atoms with Crippen LogP contribution in [-0.2, 0) is 0 Å². The molecule has 64 valence electrons. The average Bonchev–Trinajstić information content (AvgIpc) is 2.43. The van der Waals surface area contributed by atoms with Gasteiger partial charge in [-0.1, -0.05) is 6.92 Å². The molecular formula is C9H13N3. The molecule has 0 amide bonds. The fraction of sp³-hybridized carbons (Fsp3) is 0.444. The van der Waals surface area contributed by atoms with Gasteiger partial charge in [0.05, 0.1) is 0 Å². The number of fused-ring (bicyclic) bond motifs is 1. The molecule has 0 aromatic carbocycles. The largest absolute Gasteiger partial charge is 0.379 e. The Labute approximate surface area is 72.3 Å². The van der Waals surface area contributed by atoms with Gasteiger partial charge in [-0.25, -0.2) is 4.68 Å². The second-order valence-corrected chi connectivity index (χ2v) is 3.34. The van der Waals surface area contributed by atoms with E-state index in [0.717, 1.165) is 6.54 Å². The van der Waals surface area contributed by atoms with Crippen LogP contribution in [0.2, 0.25) is 0 Å². The smallest absolute Gasteiger partial charge is 0.0496 e. The van der Waals surface area contributed by atoms with Crippen molar-refractivity contribution < 1.29 is 0 Å². The number of hydrogen-bond acceptors (Lipinski definition) is 2. The minimum Gasteiger partial charge on any atom is -0.379 e. The van der Waals surface area contributed by atoms with Crippen molar-refractivity contribution in [2.45, 2.75) is 12.8 Å². The lowest BCUT2D eigenvalue weighted by atomic mass is 10.1. The SMILES string of the molecule is CC1CN(C)C=Cn2nccc21. The zero-order valence-electron chi connectivity index (χ0n) is 7.44. The molecule has 0 saturated carbocycles. The molecule has 1 aromatic heterocycles. The highest BCUT2D eigenvalue weighted by atomic mass is 15.3. The topological polar surface area (TPSA) is 21.1 Å². The number of likely N-dealkylation sites (N-methyl/N-ethyl adjacent to an activating group) is 1. The number of hydrogen-bond donors (Lipinski definition) is 0. The third-order valence-electron chi connectivity index (χ3n) is 2.23. The van der Waals surface area contributed by atoms with E-state index in [1.165, 1.54) is 5.69 Å². The predicted molar refractivity (Wildman–Crippen MR) is 48.6 cm³/mol. The maximum atomic E-state index is 4.20. The molecule has 3 heteroatoms. The Hall–Kier alpha value is -1.25. The van der Waals surface area contributed by atoms with E-state index in [9.17, 15) is 0 Å². The van der Waals surface area contributed by atoms with Gasteiger partial charge in [0.1, 0.15) is 0 Å². The average molecular weight is 163 g/mol. The van der Waals surface area contributed by atoms with Gasteiger partial charge in [-0.3, -0.25) is 0 Å². The van der Waals surface area contributed by atoms with Crippen LogP contribution < -0.4 is 0 Å². The summed E-state index contributed by atoms with van der Waals surface area (Å²) in [7, 11) is 2.08. The molecule has 0 spiro atoms. The zero-order chi connectivity index (χ0) is 8.55. The Balaban J connectivity index is 2.40. The molecule has 0 bridgehead atoms. The van der Waals surface area contributed by atoms with Crippen molar-refractivity contribution in [1.29, 1.82) is 0 Å². The molecule has 2 rings (SSSR count). The molecule has 0 N–H and O–H groups in total. The first kappa shape index (κ1) is 7.40. The van der Waals surface area contributed by atoms with Crippen LogP contribution in [0.25, 0.3) is 6.20 Å². The second kappa shape index (κ2) is 2.66. The normalized spacial score (nSPS) is 22.2. The standard InChI is InChI=1S/C9H13N3/c1-8-7-11(2)5-6-12-9(8)3-4-10-12/h3-6,8H,7H2,1-2H3. The van der Waals surface area contributed by atoms with Gasteiger partial charge in [0.15, 0.2) is 0 Å².